The van der Waals surface area contributed by atoms with Gasteiger partial charge < -0.3 is 9.47 Å². The Morgan fingerprint density at radius 3 is 2.63 bits per heavy atom. The highest BCUT2D eigenvalue weighted by atomic mass is 15.1. The van der Waals surface area contributed by atoms with Gasteiger partial charge in [-0.15, -0.1) is 0 Å². The van der Waals surface area contributed by atoms with Crippen molar-refractivity contribution < 1.29 is 0 Å². The first kappa shape index (κ1) is 11.8. The summed E-state index contributed by atoms with van der Waals surface area (Å²) >= 11 is 0. The van der Waals surface area contributed by atoms with Gasteiger partial charge in [-0.25, -0.2) is 0 Å². The maximum Gasteiger partial charge on any atom is 0.0481 e. The number of aryl methyl sites for hydroxylation is 1. The fraction of sp³-hybridized carbons (Fsp3) is 0.176. The summed E-state index contributed by atoms with van der Waals surface area (Å²) in [7, 11) is 2.09. The van der Waals surface area contributed by atoms with Crippen LogP contribution >= 0.6 is 0 Å². The van der Waals surface area contributed by atoms with Crippen LogP contribution in [0.25, 0.3) is 11.3 Å². The molecule has 3 rings (SSSR count). The first-order chi connectivity index (χ1) is 9.27. The Labute approximate surface area is 114 Å². The van der Waals surface area contributed by atoms with Crippen molar-refractivity contribution in [2.45, 2.75) is 6.92 Å². The largest absolute Gasteiger partial charge is 0.351 e. The van der Waals surface area contributed by atoms with Crippen LogP contribution in [0.4, 0.5) is 5.69 Å². The second-order valence-electron chi connectivity index (χ2n) is 4.88. The molecule has 0 unspecified atom stereocenters. The Morgan fingerprint density at radius 2 is 1.95 bits per heavy atom. The fourth-order valence-electron chi connectivity index (χ4n) is 2.60. The van der Waals surface area contributed by atoms with Crippen molar-refractivity contribution in [3.8, 4) is 11.3 Å². The lowest BCUT2D eigenvalue weighted by molar-refractivity contribution is 0.935. The second-order valence-corrected chi connectivity index (χ2v) is 4.88. The van der Waals surface area contributed by atoms with Crippen LogP contribution < -0.4 is 4.90 Å². The van der Waals surface area contributed by atoms with Crippen molar-refractivity contribution in [2.24, 2.45) is 7.05 Å². The standard InChI is InChI=1S/C17H18N2/c1-14-15(17-10-7-11-18(17)2)8-6-9-16(14)19-12-4-3-5-13-19/h3-12H,13H2,1-2H3. The molecule has 1 aromatic carbocycles. The molecule has 1 aromatic heterocycles. The van der Waals surface area contributed by atoms with E-state index in [1.54, 1.807) is 0 Å². The molecule has 0 fully saturated rings. The number of anilines is 1. The molecule has 0 saturated heterocycles. The van der Waals surface area contributed by atoms with E-state index >= 15 is 0 Å². The van der Waals surface area contributed by atoms with Gasteiger partial charge in [-0.3, -0.25) is 0 Å². The van der Waals surface area contributed by atoms with E-state index in [1.165, 1.54) is 22.5 Å². The summed E-state index contributed by atoms with van der Waals surface area (Å²) in [5.74, 6) is 0. The summed E-state index contributed by atoms with van der Waals surface area (Å²) in [5.41, 5.74) is 5.16. The molecule has 0 bridgehead atoms. The first-order valence-electron chi connectivity index (χ1n) is 6.58. The molecule has 1 aliphatic heterocycles. The molecule has 0 amide bonds. The number of hydrogen-bond donors (Lipinski definition) is 0. The van der Waals surface area contributed by atoms with E-state index in [0.29, 0.717) is 0 Å². The third-order valence-electron chi connectivity index (χ3n) is 3.65. The SMILES string of the molecule is Cc1c(-c2cccn2C)cccc1N1C=CC=CC1. The molecule has 1 aliphatic rings. The molecule has 0 aliphatic carbocycles. The minimum absolute atomic E-state index is 0.938. The Morgan fingerprint density at radius 1 is 1.05 bits per heavy atom. The smallest absolute Gasteiger partial charge is 0.0481 e. The topological polar surface area (TPSA) is 8.17 Å². The number of allylic oxidation sites excluding steroid dienone is 2. The van der Waals surface area contributed by atoms with Gasteiger partial charge in [0, 0.05) is 42.9 Å². The van der Waals surface area contributed by atoms with Gasteiger partial charge in [-0.1, -0.05) is 24.3 Å². The van der Waals surface area contributed by atoms with Crippen molar-refractivity contribution in [1.29, 1.82) is 0 Å². The number of rotatable bonds is 2. The first-order valence-corrected chi connectivity index (χ1v) is 6.58. The quantitative estimate of drug-likeness (QED) is 0.785. The molecule has 2 aromatic rings. The average Bonchev–Trinajstić information content (AvgIpc) is 2.86. The monoisotopic (exact) mass is 250 g/mol. The van der Waals surface area contributed by atoms with Crippen LogP contribution in [0.15, 0.2) is 61.0 Å². The van der Waals surface area contributed by atoms with Crippen molar-refractivity contribution in [3.63, 3.8) is 0 Å². The minimum Gasteiger partial charge on any atom is -0.351 e. The highest BCUT2D eigenvalue weighted by Crippen LogP contribution is 2.31. The predicted molar refractivity (Wildman–Crippen MR) is 81.2 cm³/mol. The minimum atomic E-state index is 0.938. The Balaban J connectivity index is 2.07. The molecular formula is C17H18N2. The molecular weight excluding hydrogens is 232 g/mol. The van der Waals surface area contributed by atoms with Gasteiger partial charge in [-0.05, 0) is 36.8 Å². The zero-order chi connectivity index (χ0) is 13.2. The van der Waals surface area contributed by atoms with E-state index in [9.17, 15) is 0 Å². The number of nitrogens with zero attached hydrogens (tertiary/aromatic N) is 2. The van der Waals surface area contributed by atoms with E-state index in [4.69, 9.17) is 0 Å². The number of hydrogen-bond acceptors (Lipinski definition) is 1. The molecule has 0 N–H and O–H groups in total. The molecule has 96 valence electrons. The molecule has 2 nitrogen and oxygen atoms in total. The van der Waals surface area contributed by atoms with Gasteiger partial charge in [0.25, 0.3) is 0 Å². The van der Waals surface area contributed by atoms with Gasteiger partial charge in [-0.2, -0.15) is 0 Å². The summed E-state index contributed by atoms with van der Waals surface area (Å²) < 4.78 is 2.16. The zero-order valence-electron chi connectivity index (χ0n) is 11.4. The van der Waals surface area contributed by atoms with Crippen LogP contribution in [0.2, 0.25) is 0 Å². The molecule has 2 heteroatoms. The van der Waals surface area contributed by atoms with E-state index in [-0.39, 0.29) is 0 Å². The lowest BCUT2D eigenvalue weighted by Gasteiger charge is -2.24. The maximum atomic E-state index is 2.28. The Bertz CT molecular complexity index is 647. The van der Waals surface area contributed by atoms with Crippen LogP contribution in [0, 0.1) is 6.92 Å². The molecule has 2 heterocycles. The summed E-state index contributed by atoms with van der Waals surface area (Å²) in [6.45, 7) is 3.14. The van der Waals surface area contributed by atoms with Crippen molar-refractivity contribution in [2.75, 3.05) is 11.4 Å². The zero-order valence-corrected chi connectivity index (χ0v) is 11.4. The van der Waals surface area contributed by atoms with Crippen molar-refractivity contribution >= 4 is 5.69 Å². The summed E-state index contributed by atoms with van der Waals surface area (Å²) in [6, 6.07) is 10.8. The highest BCUT2D eigenvalue weighted by Gasteiger charge is 2.12. The molecule has 0 atom stereocenters. The summed E-state index contributed by atoms with van der Waals surface area (Å²) in [6.07, 6.45) is 10.6. The van der Waals surface area contributed by atoms with Gasteiger partial charge in [0.1, 0.15) is 0 Å². The normalized spacial score (nSPS) is 14.1. The molecule has 0 radical (unpaired) electrons. The van der Waals surface area contributed by atoms with Gasteiger partial charge >= 0.3 is 0 Å². The van der Waals surface area contributed by atoms with Gasteiger partial charge in [0.2, 0.25) is 0 Å². The van der Waals surface area contributed by atoms with Crippen LogP contribution in [0.3, 0.4) is 0 Å². The molecule has 0 spiro atoms. The van der Waals surface area contributed by atoms with E-state index in [2.05, 4.69) is 84.4 Å². The van der Waals surface area contributed by atoms with E-state index in [1.807, 2.05) is 0 Å². The van der Waals surface area contributed by atoms with Crippen LogP contribution in [0.5, 0.6) is 0 Å². The van der Waals surface area contributed by atoms with Crippen LogP contribution in [0.1, 0.15) is 5.56 Å². The fourth-order valence-corrected chi connectivity index (χ4v) is 2.60. The predicted octanol–water partition coefficient (Wildman–Crippen LogP) is 3.89. The van der Waals surface area contributed by atoms with Gasteiger partial charge in [0.15, 0.2) is 0 Å². The second kappa shape index (κ2) is 4.81. The lowest BCUT2D eigenvalue weighted by atomic mass is 10.0. The van der Waals surface area contributed by atoms with Crippen molar-refractivity contribution in [3.05, 3.63) is 66.5 Å². The van der Waals surface area contributed by atoms with Gasteiger partial charge in [0.05, 0.1) is 0 Å². The average molecular weight is 250 g/mol. The van der Waals surface area contributed by atoms with Crippen LogP contribution in [-0.2, 0) is 7.05 Å². The summed E-state index contributed by atoms with van der Waals surface area (Å²) in [5, 5.41) is 0. The Kier molecular flexibility index (Phi) is 3.00. The third kappa shape index (κ3) is 2.10. The lowest BCUT2D eigenvalue weighted by Crippen LogP contribution is -2.18. The summed E-state index contributed by atoms with van der Waals surface area (Å²) in [4.78, 5) is 2.28. The van der Waals surface area contributed by atoms with E-state index in [0.717, 1.165) is 6.54 Å². The number of aromatic nitrogens is 1. The highest BCUT2D eigenvalue weighted by molar-refractivity contribution is 5.73. The Hall–Kier alpha value is -2.22. The number of benzene rings is 1. The van der Waals surface area contributed by atoms with Crippen LogP contribution in [-0.4, -0.2) is 11.1 Å². The molecule has 0 saturated carbocycles. The maximum absolute atomic E-state index is 2.28. The van der Waals surface area contributed by atoms with Crippen molar-refractivity contribution in [1.82, 2.24) is 4.57 Å². The van der Waals surface area contributed by atoms with E-state index < -0.39 is 0 Å². The molecule has 19 heavy (non-hydrogen) atoms. The third-order valence-corrected chi connectivity index (χ3v) is 3.65.